The number of rotatable bonds is 6. The summed E-state index contributed by atoms with van der Waals surface area (Å²) in [6.45, 7) is 0.883. The van der Waals surface area contributed by atoms with Gasteiger partial charge in [0.25, 0.3) is 11.6 Å². The molecule has 0 unspecified atom stereocenters. The van der Waals surface area contributed by atoms with Crippen LogP contribution in [0.3, 0.4) is 0 Å². The van der Waals surface area contributed by atoms with Gasteiger partial charge in [0, 0.05) is 25.2 Å². The molecular weight excluding hydrogens is 396 g/mol. The van der Waals surface area contributed by atoms with Crippen LogP contribution in [0.25, 0.3) is 0 Å². The van der Waals surface area contributed by atoms with E-state index in [-0.39, 0.29) is 28.8 Å². The van der Waals surface area contributed by atoms with Crippen molar-refractivity contribution in [1.29, 1.82) is 0 Å². The fourth-order valence-corrected chi connectivity index (χ4v) is 3.67. The van der Waals surface area contributed by atoms with Crippen molar-refractivity contribution >= 4 is 29.2 Å². The van der Waals surface area contributed by atoms with E-state index in [1.807, 2.05) is 18.2 Å². The molecule has 2 aromatic carbocycles. The summed E-state index contributed by atoms with van der Waals surface area (Å²) in [6.07, 6.45) is 2.81. The maximum Gasteiger partial charge on any atom is 0.340 e. The molecule has 2 aromatic rings. The van der Waals surface area contributed by atoms with Crippen molar-refractivity contribution in [3.05, 3.63) is 74.8 Å². The lowest BCUT2D eigenvalue weighted by molar-refractivity contribution is -0.384. The lowest BCUT2D eigenvalue weighted by Gasteiger charge is -2.32. The summed E-state index contributed by atoms with van der Waals surface area (Å²) < 4.78 is 5.06. The van der Waals surface area contributed by atoms with Crippen LogP contribution in [0, 0.1) is 16.0 Å². The number of halogens is 1. The predicted octanol–water partition coefficient (Wildman–Crippen LogP) is 3.89. The normalized spacial score (nSPS) is 14.4. The minimum atomic E-state index is -0.780. The van der Waals surface area contributed by atoms with E-state index >= 15 is 0 Å². The Labute approximate surface area is 173 Å². The van der Waals surface area contributed by atoms with Crippen LogP contribution in [0.15, 0.2) is 48.5 Å². The number of non-ortho nitro benzene ring substituents is 1. The fraction of sp³-hybridized carbons (Fsp3) is 0.333. The average molecular weight is 417 g/mol. The average Bonchev–Trinajstić information content (AvgIpc) is 2.73. The maximum absolute atomic E-state index is 12.4. The zero-order valence-corrected chi connectivity index (χ0v) is 16.5. The Morgan fingerprint density at radius 1 is 1.14 bits per heavy atom. The van der Waals surface area contributed by atoms with Crippen molar-refractivity contribution < 1.29 is 19.2 Å². The van der Waals surface area contributed by atoms with E-state index in [1.165, 1.54) is 17.7 Å². The second-order valence-corrected chi connectivity index (χ2v) is 7.42. The number of hydrogen-bond donors (Lipinski definition) is 0. The van der Waals surface area contributed by atoms with E-state index in [9.17, 15) is 19.7 Å². The van der Waals surface area contributed by atoms with Crippen molar-refractivity contribution in [2.24, 2.45) is 5.92 Å². The largest absolute Gasteiger partial charge is 0.452 e. The van der Waals surface area contributed by atoms with E-state index in [2.05, 4.69) is 12.1 Å². The van der Waals surface area contributed by atoms with Crippen LogP contribution in [0.2, 0.25) is 5.02 Å². The summed E-state index contributed by atoms with van der Waals surface area (Å²) in [4.78, 5) is 36.3. The highest BCUT2D eigenvalue weighted by molar-refractivity contribution is 6.33. The third-order valence-corrected chi connectivity index (χ3v) is 5.36. The number of carbonyl (C=O) groups excluding carboxylic acids is 2. The summed E-state index contributed by atoms with van der Waals surface area (Å²) in [5.41, 5.74) is 1.07. The van der Waals surface area contributed by atoms with Crippen LogP contribution in [0.1, 0.15) is 28.8 Å². The van der Waals surface area contributed by atoms with Crippen molar-refractivity contribution in [2.45, 2.75) is 19.3 Å². The standard InChI is InChI=1S/C21H21ClN2O5/c22-19-13-17(24(27)28)6-7-18(19)21(26)29-14-20(25)23-10-8-16(9-11-23)12-15-4-2-1-3-5-15/h1-7,13,16H,8-12,14H2. The highest BCUT2D eigenvalue weighted by atomic mass is 35.5. The van der Waals surface area contributed by atoms with Gasteiger partial charge in [0.1, 0.15) is 0 Å². The van der Waals surface area contributed by atoms with Crippen LogP contribution in [0.5, 0.6) is 0 Å². The molecule has 1 aliphatic heterocycles. The first kappa shape index (κ1) is 20.8. The van der Waals surface area contributed by atoms with Gasteiger partial charge in [-0.25, -0.2) is 4.79 Å². The molecule has 0 spiro atoms. The molecule has 152 valence electrons. The molecule has 0 radical (unpaired) electrons. The predicted molar refractivity (Wildman–Crippen MR) is 108 cm³/mol. The van der Waals surface area contributed by atoms with Gasteiger partial charge in [-0.05, 0) is 36.8 Å². The molecule has 0 aliphatic carbocycles. The zero-order valence-electron chi connectivity index (χ0n) is 15.8. The van der Waals surface area contributed by atoms with Crippen molar-refractivity contribution in [3.63, 3.8) is 0 Å². The molecule has 7 nitrogen and oxygen atoms in total. The number of benzene rings is 2. The number of esters is 1. The van der Waals surface area contributed by atoms with E-state index in [1.54, 1.807) is 4.90 Å². The molecule has 0 saturated carbocycles. The van der Waals surface area contributed by atoms with Crippen LogP contribution in [0.4, 0.5) is 5.69 Å². The Kier molecular flexibility index (Phi) is 6.82. The number of ether oxygens (including phenoxy) is 1. The lowest BCUT2D eigenvalue weighted by atomic mass is 9.90. The van der Waals surface area contributed by atoms with Crippen LogP contribution >= 0.6 is 11.6 Å². The molecule has 29 heavy (non-hydrogen) atoms. The van der Waals surface area contributed by atoms with Gasteiger partial charge in [-0.1, -0.05) is 41.9 Å². The minimum Gasteiger partial charge on any atom is -0.452 e. The number of nitro groups is 1. The van der Waals surface area contributed by atoms with Gasteiger partial charge < -0.3 is 9.64 Å². The first-order valence-electron chi connectivity index (χ1n) is 9.37. The number of nitro benzene ring substituents is 1. The zero-order chi connectivity index (χ0) is 20.8. The molecule has 0 aromatic heterocycles. The van der Waals surface area contributed by atoms with Crippen LogP contribution in [-0.2, 0) is 16.0 Å². The molecular formula is C21H21ClN2O5. The number of piperidine rings is 1. The Hall–Kier alpha value is -2.93. The number of amides is 1. The smallest absolute Gasteiger partial charge is 0.340 e. The second-order valence-electron chi connectivity index (χ2n) is 7.01. The van der Waals surface area contributed by atoms with E-state index < -0.39 is 10.9 Å². The summed E-state index contributed by atoms with van der Waals surface area (Å²) in [5.74, 6) is -0.505. The van der Waals surface area contributed by atoms with Gasteiger partial charge in [-0.3, -0.25) is 14.9 Å². The quantitative estimate of drug-likeness (QED) is 0.405. The summed E-state index contributed by atoms with van der Waals surface area (Å²) in [5, 5.41) is 10.6. The van der Waals surface area contributed by atoms with E-state index in [0.717, 1.165) is 25.3 Å². The van der Waals surface area contributed by atoms with Crippen molar-refractivity contribution in [3.8, 4) is 0 Å². The Bertz CT molecular complexity index is 895. The molecule has 3 rings (SSSR count). The molecule has 1 heterocycles. The molecule has 0 N–H and O–H groups in total. The van der Waals surface area contributed by atoms with Gasteiger partial charge in [0.05, 0.1) is 15.5 Å². The first-order chi connectivity index (χ1) is 13.9. The van der Waals surface area contributed by atoms with Crippen LogP contribution < -0.4 is 0 Å². The summed E-state index contributed by atoms with van der Waals surface area (Å²) in [7, 11) is 0. The summed E-state index contributed by atoms with van der Waals surface area (Å²) in [6, 6.07) is 13.7. The molecule has 8 heteroatoms. The van der Waals surface area contributed by atoms with Gasteiger partial charge in [-0.15, -0.1) is 0 Å². The molecule has 1 aliphatic rings. The SMILES string of the molecule is O=C(OCC(=O)N1CCC(Cc2ccccc2)CC1)c1ccc([N+](=O)[O-])cc1Cl. The van der Waals surface area contributed by atoms with Gasteiger partial charge in [-0.2, -0.15) is 0 Å². The fourth-order valence-electron chi connectivity index (χ4n) is 3.41. The number of nitrogens with zero attached hydrogens (tertiary/aromatic N) is 2. The van der Waals surface area contributed by atoms with Crippen molar-refractivity contribution in [1.82, 2.24) is 4.90 Å². The topological polar surface area (TPSA) is 89.8 Å². The first-order valence-corrected chi connectivity index (χ1v) is 9.74. The van der Waals surface area contributed by atoms with E-state index in [0.29, 0.717) is 19.0 Å². The lowest BCUT2D eigenvalue weighted by Crippen LogP contribution is -2.41. The number of likely N-dealkylation sites (tertiary alicyclic amines) is 1. The number of carbonyl (C=O) groups is 2. The molecule has 0 bridgehead atoms. The Morgan fingerprint density at radius 3 is 2.45 bits per heavy atom. The van der Waals surface area contributed by atoms with Gasteiger partial charge in [0.15, 0.2) is 6.61 Å². The highest BCUT2D eigenvalue weighted by Gasteiger charge is 2.24. The van der Waals surface area contributed by atoms with Crippen LogP contribution in [-0.4, -0.2) is 41.4 Å². The highest BCUT2D eigenvalue weighted by Crippen LogP contribution is 2.24. The monoisotopic (exact) mass is 416 g/mol. The third kappa shape index (κ3) is 5.54. The second kappa shape index (κ2) is 9.52. The number of hydrogen-bond acceptors (Lipinski definition) is 5. The van der Waals surface area contributed by atoms with Gasteiger partial charge >= 0.3 is 5.97 Å². The third-order valence-electron chi connectivity index (χ3n) is 5.04. The molecule has 0 atom stereocenters. The van der Waals surface area contributed by atoms with Gasteiger partial charge in [0.2, 0.25) is 0 Å². The summed E-state index contributed by atoms with van der Waals surface area (Å²) >= 11 is 5.91. The Balaban J connectivity index is 1.46. The maximum atomic E-state index is 12.4. The van der Waals surface area contributed by atoms with Crippen molar-refractivity contribution in [2.75, 3.05) is 19.7 Å². The minimum absolute atomic E-state index is 0.00774. The molecule has 1 saturated heterocycles. The Morgan fingerprint density at radius 2 is 1.83 bits per heavy atom. The molecule has 1 amide bonds. The van der Waals surface area contributed by atoms with E-state index in [4.69, 9.17) is 16.3 Å². The molecule has 1 fully saturated rings.